The molecule has 2 atom stereocenters. The van der Waals surface area contributed by atoms with Gasteiger partial charge in [0.2, 0.25) is 0 Å². The summed E-state index contributed by atoms with van der Waals surface area (Å²) in [5.74, 6) is 0.801. The fraction of sp³-hybridized carbons (Fsp3) is 0.692. The van der Waals surface area contributed by atoms with E-state index >= 15 is 0 Å². The summed E-state index contributed by atoms with van der Waals surface area (Å²) < 4.78 is 5.48. The average molecular weight is 474 g/mol. The van der Waals surface area contributed by atoms with E-state index in [4.69, 9.17) is 16.3 Å². The van der Waals surface area contributed by atoms with Gasteiger partial charge in [-0.25, -0.2) is 9.59 Å². The van der Waals surface area contributed by atoms with Crippen molar-refractivity contribution in [2.75, 3.05) is 13.1 Å². The zero-order valence-electron chi connectivity index (χ0n) is 20.0. The third-order valence-electron chi connectivity index (χ3n) is 7.89. The first-order valence-corrected chi connectivity index (χ1v) is 12.8. The van der Waals surface area contributed by atoms with Gasteiger partial charge < -0.3 is 20.3 Å². The maximum absolute atomic E-state index is 13.1. The summed E-state index contributed by atoms with van der Waals surface area (Å²) in [6.07, 6.45) is 5.94. The van der Waals surface area contributed by atoms with E-state index in [1.807, 2.05) is 20.8 Å². The molecular formula is C26H36ClN3O3. The molecule has 2 unspecified atom stereocenters. The molecule has 5 aliphatic rings. The molecule has 4 bridgehead atoms. The molecule has 180 valence electrons. The van der Waals surface area contributed by atoms with Crippen molar-refractivity contribution in [1.29, 1.82) is 0 Å². The summed E-state index contributed by atoms with van der Waals surface area (Å²) in [6, 6.07) is 8.73. The molecule has 2 N–H and O–H groups in total. The highest BCUT2D eigenvalue weighted by molar-refractivity contribution is 6.24. The van der Waals surface area contributed by atoms with Gasteiger partial charge in [-0.1, -0.05) is 24.3 Å². The van der Waals surface area contributed by atoms with Crippen molar-refractivity contribution >= 4 is 23.7 Å². The van der Waals surface area contributed by atoms with Crippen molar-refractivity contribution in [3.8, 4) is 0 Å². The first kappa shape index (κ1) is 22.8. The third kappa shape index (κ3) is 4.68. The number of amides is 3. The first-order chi connectivity index (χ1) is 15.5. The predicted molar refractivity (Wildman–Crippen MR) is 129 cm³/mol. The van der Waals surface area contributed by atoms with E-state index in [9.17, 15) is 9.59 Å². The van der Waals surface area contributed by atoms with Gasteiger partial charge in [0.25, 0.3) is 0 Å². The topological polar surface area (TPSA) is 70.7 Å². The fourth-order valence-corrected chi connectivity index (χ4v) is 7.50. The maximum atomic E-state index is 13.1. The van der Waals surface area contributed by atoms with Gasteiger partial charge >= 0.3 is 12.1 Å². The minimum absolute atomic E-state index is 0.0574. The van der Waals surface area contributed by atoms with Crippen molar-refractivity contribution < 1.29 is 14.3 Å². The van der Waals surface area contributed by atoms with Crippen molar-refractivity contribution in [3.63, 3.8) is 0 Å². The number of likely N-dealkylation sites (tertiary alicyclic amines) is 1. The fourth-order valence-electron chi connectivity index (χ4n) is 6.87. The van der Waals surface area contributed by atoms with E-state index in [-0.39, 0.29) is 28.6 Å². The highest BCUT2D eigenvalue weighted by Crippen LogP contribution is 2.61. The molecule has 3 amide bonds. The van der Waals surface area contributed by atoms with Crippen LogP contribution in [0.2, 0.25) is 0 Å². The highest BCUT2D eigenvalue weighted by Gasteiger charge is 2.57. The minimum atomic E-state index is -0.498. The number of piperidine rings is 1. The predicted octanol–water partition coefficient (Wildman–Crippen LogP) is 5.26. The van der Waals surface area contributed by atoms with Crippen molar-refractivity contribution in [1.82, 2.24) is 15.5 Å². The van der Waals surface area contributed by atoms with Crippen LogP contribution in [0.25, 0.3) is 0 Å². The summed E-state index contributed by atoms with van der Waals surface area (Å²) in [5, 5.41) is 6.58. The Balaban J connectivity index is 1.21. The second-order valence-electron chi connectivity index (χ2n) is 11.8. The number of nitrogens with one attached hydrogen (secondary N) is 2. The smallest absolute Gasteiger partial charge is 0.410 e. The molecule has 3 fully saturated rings. The monoisotopic (exact) mass is 473 g/mol. The van der Waals surface area contributed by atoms with Gasteiger partial charge in [-0.2, -0.15) is 0 Å². The van der Waals surface area contributed by atoms with Crippen molar-refractivity contribution in [3.05, 3.63) is 35.4 Å². The molecule has 0 aromatic heterocycles. The van der Waals surface area contributed by atoms with Gasteiger partial charge in [-0.05, 0) is 88.7 Å². The van der Waals surface area contributed by atoms with Gasteiger partial charge in [-0.3, -0.25) is 0 Å². The Labute approximate surface area is 201 Å². The molecule has 7 heteroatoms. The summed E-state index contributed by atoms with van der Waals surface area (Å²) in [7, 11) is 0. The van der Waals surface area contributed by atoms with Gasteiger partial charge in [0.15, 0.2) is 0 Å². The number of carbonyl (C=O) groups excluding carboxylic acids is 2. The van der Waals surface area contributed by atoms with Crippen LogP contribution in [-0.2, 0) is 4.74 Å². The van der Waals surface area contributed by atoms with Crippen molar-refractivity contribution in [2.45, 2.75) is 99.6 Å². The number of halogens is 1. The number of ether oxygens (including phenoxy) is 1. The minimum Gasteiger partial charge on any atom is -0.444 e. The van der Waals surface area contributed by atoms with Gasteiger partial charge in [0, 0.05) is 29.5 Å². The van der Waals surface area contributed by atoms with Gasteiger partial charge in [-0.15, -0.1) is 11.6 Å². The Morgan fingerprint density at radius 1 is 1.03 bits per heavy atom. The first-order valence-electron chi connectivity index (χ1n) is 12.4. The van der Waals surface area contributed by atoms with Crippen LogP contribution in [0.4, 0.5) is 9.59 Å². The normalized spacial score (nSPS) is 33.3. The third-order valence-corrected chi connectivity index (χ3v) is 8.33. The molecule has 6 nitrogen and oxygen atoms in total. The lowest BCUT2D eigenvalue weighted by atomic mass is 9.62. The molecule has 33 heavy (non-hydrogen) atoms. The van der Waals surface area contributed by atoms with E-state index in [0.29, 0.717) is 24.9 Å². The summed E-state index contributed by atoms with van der Waals surface area (Å²) in [4.78, 5) is 26.9. The number of urea groups is 1. The molecule has 2 saturated carbocycles. The Bertz CT molecular complexity index is 900. The Kier molecular flexibility index (Phi) is 5.58. The number of carbonyl (C=O) groups is 2. The molecule has 1 saturated heterocycles. The van der Waals surface area contributed by atoms with Crippen LogP contribution in [-0.4, -0.2) is 52.2 Å². The number of benzene rings is 1. The van der Waals surface area contributed by atoms with Crippen LogP contribution < -0.4 is 10.6 Å². The molecule has 6 rings (SSSR count). The van der Waals surface area contributed by atoms with E-state index in [1.54, 1.807) is 4.90 Å². The Morgan fingerprint density at radius 3 is 2.15 bits per heavy atom. The SMILES string of the molecule is CC(C)(C)OC(=O)N1CCC(NC(=O)NC23CC4CC(Cl)(CC(C2)c2ccccc24)C3)CC1. The quantitative estimate of drug-likeness (QED) is 0.575. The Morgan fingerprint density at radius 2 is 1.61 bits per heavy atom. The molecule has 4 aliphatic carbocycles. The summed E-state index contributed by atoms with van der Waals surface area (Å²) in [6.45, 7) is 6.81. The Hall–Kier alpha value is -1.95. The average Bonchev–Trinajstić information content (AvgIpc) is 2.85. The number of hydrogen-bond donors (Lipinski definition) is 2. The van der Waals surface area contributed by atoms with Crippen molar-refractivity contribution in [2.24, 2.45) is 0 Å². The number of hydrogen-bond acceptors (Lipinski definition) is 3. The van der Waals surface area contributed by atoms with E-state index < -0.39 is 5.60 Å². The summed E-state index contributed by atoms with van der Waals surface area (Å²) >= 11 is 7.16. The molecular weight excluding hydrogens is 438 g/mol. The van der Waals surface area contributed by atoms with E-state index in [2.05, 4.69) is 34.9 Å². The zero-order chi connectivity index (χ0) is 23.4. The van der Waals surface area contributed by atoms with Crippen LogP contribution >= 0.6 is 11.6 Å². The van der Waals surface area contributed by atoms with Crippen LogP contribution in [0.15, 0.2) is 24.3 Å². The molecule has 1 aliphatic heterocycles. The second kappa shape index (κ2) is 8.07. The van der Waals surface area contributed by atoms with E-state index in [1.165, 1.54) is 11.1 Å². The van der Waals surface area contributed by atoms with Gasteiger partial charge in [0.1, 0.15) is 5.60 Å². The largest absolute Gasteiger partial charge is 0.444 e. The van der Waals surface area contributed by atoms with Crippen LogP contribution in [0.5, 0.6) is 0 Å². The lowest BCUT2D eigenvalue weighted by Gasteiger charge is -2.52. The van der Waals surface area contributed by atoms with Crippen LogP contribution in [0, 0.1) is 0 Å². The molecule has 1 aromatic carbocycles. The number of alkyl halides is 1. The molecule has 1 aromatic rings. The van der Waals surface area contributed by atoms with Crippen LogP contribution in [0.3, 0.4) is 0 Å². The molecule has 0 spiro atoms. The highest BCUT2D eigenvalue weighted by atomic mass is 35.5. The number of nitrogens with zero attached hydrogens (tertiary/aromatic N) is 1. The molecule has 1 heterocycles. The number of rotatable bonds is 2. The summed E-state index contributed by atoms with van der Waals surface area (Å²) in [5.41, 5.74) is 2.11. The van der Waals surface area contributed by atoms with Gasteiger partial charge in [0.05, 0.1) is 0 Å². The molecule has 0 radical (unpaired) electrons. The second-order valence-corrected chi connectivity index (χ2v) is 12.6. The zero-order valence-corrected chi connectivity index (χ0v) is 20.7. The van der Waals surface area contributed by atoms with E-state index in [0.717, 1.165) is 44.9 Å². The standard InChI is InChI=1S/C26H36ClN3O3/c1-24(2,3)33-23(32)30-10-8-19(9-11-30)28-22(31)29-26-14-17-12-25(27,16-26)13-18(15-26)21-7-5-4-6-20(17)21/h4-7,17-19H,8-16H2,1-3H3,(H2,28,29,31). The lowest BCUT2D eigenvalue weighted by Crippen LogP contribution is -2.61. The lowest BCUT2D eigenvalue weighted by molar-refractivity contribution is 0.0201. The maximum Gasteiger partial charge on any atom is 0.410 e. The van der Waals surface area contributed by atoms with Crippen LogP contribution in [0.1, 0.15) is 88.7 Å².